The summed E-state index contributed by atoms with van der Waals surface area (Å²) in [4.78, 5) is 0. The van der Waals surface area contributed by atoms with Crippen LogP contribution in [0, 0.1) is 40.8 Å². The number of hydrogen-bond donors (Lipinski definition) is 3. The summed E-state index contributed by atoms with van der Waals surface area (Å²) in [5, 5.41) is 36.4. The van der Waals surface area contributed by atoms with Crippen molar-refractivity contribution >= 4 is 50.5 Å². The van der Waals surface area contributed by atoms with E-state index in [2.05, 4.69) is 72.9 Å². The number of benzene rings is 6. The number of aromatic hydroxyl groups is 3. The second-order valence-electron chi connectivity index (χ2n) is 10.8. The molecular weight excluding hydrogens is 661 g/mol. The van der Waals surface area contributed by atoms with Crippen LogP contribution in [0.1, 0.15) is 33.4 Å². The molecule has 3 aliphatic carbocycles. The van der Waals surface area contributed by atoms with Crippen LogP contribution >= 0.6 is 0 Å². The van der Waals surface area contributed by atoms with Gasteiger partial charge in [-0.1, -0.05) is 109 Å². The Labute approximate surface area is 283 Å². The zero-order chi connectivity index (χ0) is 28.6. The van der Waals surface area contributed by atoms with E-state index in [0.29, 0.717) is 17.2 Å². The van der Waals surface area contributed by atoms with Crippen molar-refractivity contribution in [3.8, 4) is 17.2 Å². The molecule has 0 saturated heterocycles. The zero-order valence-electron chi connectivity index (χ0n) is 23.6. The Balaban J connectivity index is 0.000000113. The van der Waals surface area contributed by atoms with Crippen molar-refractivity contribution in [2.24, 2.45) is 0 Å². The first-order chi connectivity index (χ1) is 20.6. The maximum atomic E-state index is 9.73. The Kier molecular flexibility index (Phi) is 8.38. The van der Waals surface area contributed by atoms with Gasteiger partial charge in [0.2, 0.25) is 0 Å². The van der Waals surface area contributed by atoms with Crippen molar-refractivity contribution in [1.82, 2.24) is 0 Å². The first-order valence-corrected chi connectivity index (χ1v) is 14.3. The largest absolute Gasteiger partial charge is 3.00 e. The van der Waals surface area contributed by atoms with Crippen LogP contribution in [0.25, 0.3) is 50.5 Å². The summed E-state index contributed by atoms with van der Waals surface area (Å²) in [7, 11) is 0. The molecule has 0 bridgehead atoms. The van der Waals surface area contributed by atoms with Crippen molar-refractivity contribution in [2.45, 2.75) is 19.3 Å². The van der Waals surface area contributed by atoms with Crippen molar-refractivity contribution in [3.05, 3.63) is 143 Å². The van der Waals surface area contributed by atoms with Gasteiger partial charge in [-0.05, 0) is 86.5 Å². The Hall–Kier alpha value is -3.93. The van der Waals surface area contributed by atoms with Crippen LogP contribution in [0.3, 0.4) is 0 Å². The van der Waals surface area contributed by atoms with E-state index in [1.807, 2.05) is 36.4 Å². The predicted molar refractivity (Wildman–Crippen MR) is 175 cm³/mol. The van der Waals surface area contributed by atoms with E-state index in [1.54, 1.807) is 18.2 Å². The Bertz CT molecular complexity index is 1860. The van der Waals surface area contributed by atoms with Crippen molar-refractivity contribution in [3.63, 3.8) is 0 Å². The van der Waals surface area contributed by atoms with Gasteiger partial charge in [-0.25, -0.2) is 0 Å². The third kappa shape index (κ3) is 5.48. The van der Waals surface area contributed by atoms with Gasteiger partial charge in [0.1, 0.15) is 17.2 Å². The fourth-order valence-electron chi connectivity index (χ4n) is 6.37. The van der Waals surface area contributed by atoms with Gasteiger partial charge < -0.3 is 15.3 Å². The van der Waals surface area contributed by atoms with Gasteiger partial charge in [0.25, 0.3) is 0 Å². The minimum absolute atomic E-state index is 0. The number of hydrogen-bond acceptors (Lipinski definition) is 3. The molecule has 0 saturated carbocycles. The standard InChI is InChI=1S/3C13H10O.Nd/c3*14-12-8-7-10-4-1-3-9-5-2-6-11(12)13(9)10;/h3*1-5,7-8,14H,6H2;/q;;;+3. The molecule has 0 aromatic heterocycles. The average Bonchev–Trinajstić information content (AvgIpc) is 3.04. The molecule has 43 heavy (non-hydrogen) atoms. The number of allylic oxidation sites excluding steroid dienone is 3. The monoisotopic (exact) mass is 688 g/mol. The van der Waals surface area contributed by atoms with Crippen molar-refractivity contribution in [1.29, 1.82) is 0 Å². The first kappa shape index (κ1) is 29.2. The number of rotatable bonds is 0. The first-order valence-electron chi connectivity index (χ1n) is 14.3. The molecule has 1 radical (unpaired) electrons. The predicted octanol–water partition coefficient (Wildman–Crippen LogP) is 9.34. The summed E-state index contributed by atoms with van der Waals surface area (Å²) in [6, 6.07) is 29.9. The minimum Gasteiger partial charge on any atom is -0.508 e. The summed E-state index contributed by atoms with van der Waals surface area (Å²) in [5.74, 6) is 1.23. The Morgan fingerprint density at radius 2 is 0.674 bits per heavy atom. The molecule has 0 unspecified atom stereocenters. The van der Waals surface area contributed by atoms with Gasteiger partial charge in [-0.3, -0.25) is 0 Å². The Morgan fingerprint density at radius 1 is 0.372 bits per heavy atom. The summed E-state index contributed by atoms with van der Waals surface area (Å²) >= 11 is 0. The minimum atomic E-state index is 0. The van der Waals surface area contributed by atoms with Gasteiger partial charge in [0.15, 0.2) is 0 Å². The molecule has 0 heterocycles. The third-order valence-corrected chi connectivity index (χ3v) is 8.34. The van der Waals surface area contributed by atoms with E-state index in [0.717, 1.165) is 36.0 Å². The second-order valence-corrected chi connectivity index (χ2v) is 10.8. The van der Waals surface area contributed by atoms with Gasteiger partial charge in [-0.2, -0.15) is 0 Å². The van der Waals surface area contributed by atoms with Crippen molar-refractivity contribution in [2.75, 3.05) is 0 Å². The van der Waals surface area contributed by atoms with Gasteiger partial charge >= 0.3 is 40.8 Å². The normalized spacial score (nSPS) is 13.1. The maximum absolute atomic E-state index is 9.73. The van der Waals surface area contributed by atoms with E-state index in [-0.39, 0.29) is 40.8 Å². The van der Waals surface area contributed by atoms with E-state index in [1.165, 1.54) is 49.0 Å². The zero-order valence-corrected chi connectivity index (χ0v) is 26.8. The summed E-state index contributed by atoms with van der Waals surface area (Å²) in [6.07, 6.45) is 15.1. The van der Waals surface area contributed by atoms with Gasteiger partial charge in [0, 0.05) is 16.7 Å². The number of phenols is 3. The fraction of sp³-hybridized carbons (Fsp3) is 0.0769. The van der Waals surface area contributed by atoms with E-state index in [4.69, 9.17) is 0 Å². The summed E-state index contributed by atoms with van der Waals surface area (Å²) < 4.78 is 0. The molecule has 0 spiro atoms. The van der Waals surface area contributed by atoms with E-state index < -0.39 is 0 Å². The third-order valence-electron chi connectivity index (χ3n) is 8.34. The molecule has 0 aliphatic heterocycles. The Morgan fingerprint density at radius 3 is 0.977 bits per heavy atom. The molecule has 3 nitrogen and oxygen atoms in total. The van der Waals surface area contributed by atoms with Gasteiger partial charge in [-0.15, -0.1) is 0 Å². The van der Waals surface area contributed by atoms with Crippen molar-refractivity contribution < 1.29 is 56.2 Å². The molecule has 205 valence electrons. The molecular formula is C39H30NdO3+3. The molecule has 4 heteroatoms. The molecule has 3 N–H and O–H groups in total. The molecule has 6 aromatic rings. The maximum Gasteiger partial charge on any atom is 3.00 e. The summed E-state index contributed by atoms with van der Waals surface area (Å²) in [6.45, 7) is 0. The molecule has 0 fully saturated rings. The quantitative estimate of drug-likeness (QED) is 0.149. The van der Waals surface area contributed by atoms with Crippen LogP contribution < -0.4 is 0 Å². The van der Waals surface area contributed by atoms with E-state index >= 15 is 0 Å². The molecule has 6 aromatic carbocycles. The van der Waals surface area contributed by atoms with Crippen LogP contribution in [-0.2, 0) is 19.3 Å². The fourth-order valence-corrected chi connectivity index (χ4v) is 6.37. The van der Waals surface area contributed by atoms with Crippen LogP contribution in [-0.4, -0.2) is 15.3 Å². The van der Waals surface area contributed by atoms with Crippen LogP contribution in [0.2, 0.25) is 0 Å². The summed E-state index contributed by atoms with van der Waals surface area (Å²) in [5.41, 5.74) is 6.79. The van der Waals surface area contributed by atoms with Crippen LogP contribution in [0.5, 0.6) is 17.2 Å². The van der Waals surface area contributed by atoms with Crippen LogP contribution in [0.15, 0.2) is 109 Å². The molecule has 3 aliphatic rings. The molecule has 0 amide bonds. The number of phenolic OH excluding ortho intramolecular Hbond substituents is 3. The SMILES string of the molecule is Oc1ccc2cccc3c2c1CC=C3.Oc1ccc2cccc3c2c1CC=C3.Oc1ccc2cccc3c2c1CC=C3.[Nd+3]. The van der Waals surface area contributed by atoms with Crippen LogP contribution in [0.4, 0.5) is 0 Å². The smallest absolute Gasteiger partial charge is 0.508 e. The molecule has 9 rings (SSSR count). The van der Waals surface area contributed by atoms with E-state index in [9.17, 15) is 15.3 Å². The van der Waals surface area contributed by atoms with Gasteiger partial charge in [0.05, 0.1) is 0 Å². The molecule has 0 atom stereocenters. The topological polar surface area (TPSA) is 60.7 Å². The second kappa shape index (κ2) is 12.4. The average molecular weight is 691 g/mol.